The first-order chi connectivity index (χ1) is 7.33. The number of hydrogen-bond acceptors (Lipinski definition) is 4. The molecule has 0 atom stereocenters. The molecule has 0 N–H and O–H groups in total. The fourth-order valence-electron chi connectivity index (χ4n) is 1.22. The third kappa shape index (κ3) is 1.81. The molecule has 1 heterocycles. The molecule has 0 saturated heterocycles. The summed E-state index contributed by atoms with van der Waals surface area (Å²) >= 11 is 0. The average molecular weight is 200 g/mol. The van der Waals surface area contributed by atoms with Gasteiger partial charge in [-0.25, -0.2) is 4.98 Å². The second-order valence-electron chi connectivity index (χ2n) is 2.87. The molecule has 0 spiro atoms. The molecule has 0 unspecified atom stereocenters. The summed E-state index contributed by atoms with van der Waals surface area (Å²) in [5.41, 5.74) is 0.788. The lowest BCUT2D eigenvalue weighted by Crippen LogP contribution is -1.83. The summed E-state index contributed by atoms with van der Waals surface area (Å²) in [4.78, 5) is 3.99. The van der Waals surface area contributed by atoms with E-state index in [0.717, 1.165) is 11.3 Å². The van der Waals surface area contributed by atoms with Gasteiger partial charge in [-0.05, 0) is 18.2 Å². The highest BCUT2D eigenvalue weighted by molar-refractivity contribution is 5.56. The second-order valence-corrected chi connectivity index (χ2v) is 2.87. The highest BCUT2D eigenvalue weighted by Crippen LogP contribution is 2.22. The quantitative estimate of drug-likeness (QED) is 0.745. The molecule has 4 heteroatoms. The molecular formula is C11H8N2O2. The van der Waals surface area contributed by atoms with Crippen LogP contribution in [-0.2, 0) is 0 Å². The number of methoxy groups -OCH3 is 1. The van der Waals surface area contributed by atoms with Crippen LogP contribution in [0.4, 0.5) is 0 Å². The average Bonchev–Trinajstić information content (AvgIpc) is 2.78. The minimum Gasteiger partial charge on any atom is -0.497 e. The van der Waals surface area contributed by atoms with Gasteiger partial charge in [0.25, 0.3) is 0 Å². The minimum atomic E-state index is 0.202. The molecule has 1 aromatic heterocycles. The minimum absolute atomic E-state index is 0.202. The number of ether oxygens (including phenoxy) is 1. The van der Waals surface area contributed by atoms with Crippen LogP contribution in [0.5, 0.6) is 5.75 Å². The topological polar surface area (TPSA) is 59.0 Å². The number of aromatic nitrogens is 1. The summed E-state index contributed by atoms with van der Waals surface area (Å²) in [6.07, 6.45) is 1.40. The van der Waals surface area contributed by atoms with E-state index in [2.05, 4.69) is 4.98 Å². The largest absolute Gasteiger partial charge is 0.497 e. The van der Waals surface area contributed by atoms with Gasteiger partial charge in [0.1, 0.15) is 11.8 Å². The van der Waals surface area contributed by atoms with E-state index in [4.69, 9.17) is 14.4 Å². The van der Waals surface area contributed by atoms with Crippen LogP contribution in [0.25, 0.3) is 11.5 Å². The summed E-state index contributed by atoms with van der Waals surface area (Å²) in [5, 5.41) is 8.59. The zero-order valence-corrected chi connectivity index (χ0v) is 8.10. The molecule has 2 rings (SSSR count). The molecule has 0 aliphatic rings. The van der Waals surface area contributed by atoms with Crippen molar-refractivity contribution in [3.05, 3.63) is 36.2 Å². The zero-order chi connectivity index (χ0) is 10.7. The van der Waals surface area contributed by atoms with E-state index in [1.807, 2.05) is 24.3 Å². The summed E-state index contributed by atoms with van der Waals surface area (Å²) in [7, 11) is 1.59. The standard InChI is InChI=1S/C11H8N2O2/c1-14-9-4-2-3-8(5-9)11-13-7-10(6-12)15-11/h2-5,7H,1H3. The molecule has 4 nitrogen and oxygen atoms in total. The molecule has 0 saturated carbocycles. The molecule has 2 aromatic rings. The fraction of sp³-hybridized carbons (Fsp3) is 0.0909. The predicted molar refractivity (Wildman–Crippen MR) is 53.2 cm³/mol. The molecule has 74 valence electrons. The maximum absolute atomic E-state index is 8.59. The summed E-state index contributed by atoms with van der Waals surface area (Å²) in [5.74, 6) is 1.35. The van der Waals surface area contributed by atoms with Crippen LogP contribution in [0.2, 0.25) is 0 Å². The van der Waals surface area contributed by atoms with Crippen molar-refractivity contribution < 1.29 is 9.15 Å². The van der Waals surface area contributed by atoms with Gasteiger partial charge in [0.2, 0.25) is 11.7 Å². The lowest BCUT2D eigenvalue weighted by molar-refractivity contribution is 0.414. The highest BCUT2D eigenvalue weighted by atomic mass is 16.5. The Kier molecular flexibility index (Phi) is 2.38. The van der Waals surface area contributed by atoms with E-state index in [1.165, 1.54) is 6.20 Å². The highest BCUT2D eigenvalue weighted by Gasteiger charge is 2.06. The van der Waals surface area contributed by atoms with Crippen LogP contribution in [0.15, 0.2) is 34.9 Å². The van der Waals surface area contributed by atoms with E-state index in [1.54, 1.807) is 13.2 Å². The molecule has 0 aliphatic heterocycles. The number of nitrogens with zero attached hydrogens (tertiary/aromatic N) is 2. The second kappa shape index (κ2) is 3.84. The molecular weight excluding hydrogens is 192 g/mol. The van der Waals surface area contributed by atoms with Gasteiger partial charge in [-0.15, -0.1) is 0 Å². The molecule has 0 bridgehead atoms. The van der Waals surface area contributed by atoms with Crippen LogP contribution >= 0.6 is 0 Å². The molecule has 0 aliphatic carbocycles. The zero-order valence-electron chi connectivity index (χ0n) is 8.10. The number of benzene rings is 1. The number of hydrogen-bond donors (Lipinski definition) is 0. The van der Waals surface area contributed by atoms with E-state index in [9.17, 15) is 0 Å². The Hall–Kier alpha value is -2.28. The van der Waals surface area contributed by atoms with Crippen molar-refractivity contribution in [1.29, 1.82) is 5.26 Å². The van der Waals surface area contributed by atoms with Gasteiger partial charge in [-0.3, -0.25) is 0 Å². The van der Waals surface area contributed by atoms with Crippen molar-refractivity contribution in [3.8, 4) is 23.3 Å². The Labute approximate surface area is 86.7 Å². The lowest BCUT2D eigenvalue weighted by Gasteiger charge is -2.00. The molecule has 0 amide bonds. The fourth-order valence-corrected chi connectivity index (χ4v) is 1.22. The van der Waals surface area contributed by atoms with Crippen molar-refractivity contribution in [2.45, 2.75) is 0 Å². The summed E-state index contributed by atoms with van der Waals surface area (Å²) in [6.45, 7) is 0. The van der Waals surface area contributed by atoms with Crippen LogP contribution in [0.3, 0.4) is 0 Å². The molecule has 15 heavy (non-hydrogen) atoms. The van der Waals surface area contributed by atoms with Crippen molar-refractivity contribution in [3.63, 3.8) is 0 Å². The Bertz CT molecular complexity index is 511. The van der Waals surface area contributed by atoms with Crippen molar-refractivity contribution >= 4 is 0 Å². The summed E-state index contributed by atoms with van der Waals surface area (Å²) < 4.78 is 10.3. The van der Waals surface area contributed by atoms with Gasteiger partial charge < -0.3 is 9.15 Å². The Morgan fingerprint density at radius 2 is 2.33 bits per heavy atom. The van der Waals surface area contributed by atoms with Crippen molar-refractivity contribution in [2.75, 3.05) is 7.11 Å². The lowest BCUT2D eigenvalue weighted by atomic mass is 10.2. The van der Waals surface area contributed by atoms with Gasteiger partial charge in [-0.2, -0.15) is 5.26 Å². The third-order valence-electron chi connectivity index (χ3n) is 1.93. The van der Waals surface area contributed by atoms with Crippen LogP contribution in [-0.4, -0.2) is 12.1 Å². The van der Waals surface area contributed by atoms with E-state index in [0.29, 0.717) is 5.89 Å². The normalized spacial score (nSPS) is 9.60. The molecule has 0 fully saturated rings. The van der Waals surface area contributed by atoms with E-state index in [-0.39, 0.29) is 5.76 Å². The van der Waals surface area contributed by atoms with Crippen molar-refractivity contribution in [2.24, 2.45) is 0 Å². The first-order valence-electron chi connectivity index (χ1n) is 4.34. The van der Waals surface area contributed by atoms with Gasteiger partial charge in [-0.1, -0.05) is 6.07 Å². The van der Waals surface area contributed by atoms with Gasteiger partial charge in [0.05, 0.1) is 13.3 Å². The predicted octanol–water partition coefficient (Wildman–Crippen LogP) is 2.22. The maximum Gasteiger partial charge on any atom is 0.227 e. The van der Waals surface area contributed by atoms with Crippen LogP contribution in [0, 0.1) is 11.3 Å². The van der Waals surface area contributed by atoms with Gasteiger partial charge in [0.15, 0.2) is 0 Å². The third-order valence-corrected chi connectivity index (χ3v) is 1.93. The van der Waals surface area contributed by atoms with Crippen molar-refractivity contribution in [1.82, 2.24) is 4.98 Å². The Morgan fingerprint density at radius 1 is 1.47 bits per heavy atom. The maximum atomic E-state index is 8.59. The van der Waals surface area contributed by atoms with Gasteiger partial charge >= 0.3 is 0 Å². The number of oxazole rings is 1. The van der Waals surface area contributed by atoms with Crippen LogP contribution < -0.4 is 4.74 Å². The SMILES string of the molecule is COc1cccc(-c2ncc(C#N)o2)c1. The number of rotatable bonds is 2. The first kappa shape index (κ1) is 9.28. The van der Waals surface area contributed by atoms with Gasteiger partial charge in [0, 0.05) is 5.56 Å². The Balaban J connectivity index is 2.41. The van der Waals surface area contributed by atoms with Crippen LogP contribution in [0.1, 0.15) is 5.76 Å². The molecule has 0 radical (unpaired) electrons. The van der Waals surface area contributed by atoms with E-state index < -0.39 is 0 Å². The monoisotopic (exact) mass is 200 g/mol. The first-order valence-corrected chi connectivity index (χ1v) is 4.34. The molecule has 1 aromatic carbocycles. The Morgan fingerprint density at radius 3 is 3.00 bits per heavy atom. The summed E-state index contributed by atoms with van der Waals surface area (Å²) in [6, 6.07) is 9.20. The number of nitriles is 1. The van der Waals surface area contributed by atoms with E-state index >= 15 is 0 Å². The smallest absolute Gasteiger partial charge is 0.227 e.